The molecule has 1 rings (SSSR count). The normalized spacial score (nSPS) is 10.4. The van der Waals surface area contributed by atoms with Crippen molar-refractivity contribution in [2.24, 2.45) is 0 Å². The lowest BCUT2D eigenvalue weighted by Crippen LogP contribution is -2.09. The standard InChI is InChI=1S/C12H21BrN4O/c1-3-4-7-18-8-5-6-15-11-10(13)9-16-12(14-2)17-11/h9H,3-8H2,1-2H3,(H2,14,15,16,17). The number of anilines is 2. The van der Waals surface area contributed by atoms with Crippen molar-refractivity contribution in [2.75, 3.05) is 37.4 Å². The first-order valence-corrected chi connectivity index (χ1v) is 7.09. The van der Waals surface area contributed by atoms with Gasteiger partial charge < -0.3 is 15.4 Å². The van der Waals surface area contributed by atoms with Gasteiger partial charge >= 0.3 is 0 Å². The van der Waals surface area contributed by atoms with Crippen LogP contribution in [0, 0.1) is 0 Å². The van der Waals surface area contributed by atoms with Crippen molar-refractivity contribution < 1.29 is 4.74 Å². The molecule has 0 aliphatic rings. The molecule has 0 radical (unpaired) electrons. The molecule has 0 unspecified atom stereocenters. The third kappa shape index (κ3) is 5.64. The minimum absolute atomic E-state index is 0.611. The average molecular weight is 317 g/mol. The second kappa shape index (κ2) is 9.10. The van der Waals surface area contributed by atoms with Crippen LogP contribution in [0.2, 0.25) is 0 Å². The van der Waals surface area contributed by atoms with Crippen molar-refractivity contribution in [1.82, 2.24) is 9.97 Å². The highest BCUT2D eigenvalue weighted by molar-refractivity contribution is 9.10. The van der Waals surface area contributed by atoms with Crippen molar-refractivity contribution in [2.45, 2.75) is 26.2 Å². The first-order valence-electron chi connectivity index (χ1n) is 6.29. The number of rotatable bonds is 9. The summed E-state index contributed by atoms with van der Waals surface area (Å²) in [6, 6.07) is 0. The summed E-state index contributed by atoms with van der Waals surface area (Å²) in [5, 5.41) is 6.17. The van der Waals surface area contributed by atoms with Crippen LogP contribution in [0.4, 0.5) is 11.8 Å². The quantitative estimate of drug-likeness (QED) is 0.686. The van der Waals surface area contributed by atoms with Crippen molar-refractivity contribution in [1.29, 1.82) is 0 Å². The zero-order chi connectivity index (χ0) is 13.2. The third-order valence-electron chi connectivity index (χ3n) is 2.37. The lowest BCUT2D eigenvalue weighted by molar-refractivity contribution is 0.131. The highest BCUT2D eigenvalue weighted by Gasteiger charge is 2.03. The molecule has 0 saturated carbocycles. The van der Waals surface area contributed by atoms with Crippen molar-refractivity contribution >= 4 is 27.7 Å². The van der Waals surface area contributed by atoms with Crippen LogP contribution in [0.1, 0.15) is 26.2 Å². The molecular weight excluding hydrogens is 296 g/mol. The summed E-state index contributed by atoms with van der Waals surface area (Å²) in [6.07, 6.45) is 5.02. The predicted octanol–water partition coefficient (Wildman–Crippen LogP) is 2.90. The maximum atomic E-state index is 5.49. The highest BCUT2D eigenvalue weighted by Crippen LogP contribution is 2.19. The van der Waals surface area contributed by atoms with E-state index in [1.54, 1.807) is 13.2 Å². The fourth-order valence-electron chi connectivity index (χ4n) is 1.34. The molecule has 0 aliphatic heterocycles. The van der Waals surface area contributed by atoms with Gasteiger partial charge in [-0.2, -0.15) is 4.98 Å². The van der Waals surface area contributed by atoms with Gasteiger partial charge in [0.1, 0.15) is 5.82 Å². The molecule has 0 spiro atoms. The van der Waals surface area contributed by atoms with Crippen molar-refractivity contribution in [3.8, 4) is 0 Å². The van der Waals surface area contributed by atoms with Gasteiger partial charge in [-0.05, 0) is 28.8 Å². The molecule has 102 valence electrons. The van der Waals surface area contributed by atoms with E-state index in [1.165, 1.54) is 6.42 Å². The summed E-state index contributed by atoms with van der Waals surface area (Å²) >= 11 is 3.42. The maximum Gasteiger partial charge on any atom is 0.224 e. The molecule has 0 fully saturated rings. The monoisotopic (exact) mass is 316 g/mol. The zero-order valence-corrected chi connectivity index (χ0v) is 12.6. The Morgan fingerprint density at radius 1 is 1.33 bits per heavy atom. The van der Waals surface area contributed by atoms with E-state index < -0.39 is 0 Å². The lowest BCUT2D eigenvalue weighted by atomic mass is 10.3. The Bertz CT molecular complexity index is 349. The third-order valence-corrected chi connectivity index (χ3v) is 2.95. The van der Waals surface area contributed by atoms with E-state index in [-0.39, 0.29) is 0 Å². The van der Waals surface area contributed by atoms with Gasteiger partial charge in [-0.1, -0.05) is 13.3 Å². The summed E-state index contributed by atoms with van der Waals surface area (Å²) in [7, 11) is 1.80. The lowest BCUT2D eigenvalue weighted by Gasteiger charge is -2.09. The average Bonchev–Trinajstić information content (AvgIpc) is 2.39. The van der Waals surface area contributed by atoms with Gasteiger partial charge in [-0.15, -0.1) is 0 Å². The summed E-state index contributed by atoms with van der Waals surface area (Å²) in [4.78, 5) is 8.42. The van der Waals surface area contributed by atoms with E-state index in [1.807, 2.05) is 0 Å². The molecule has 1 aromatic heterocycles. The number of halogens is 1. The van der Waals surface area contributed by atoms with E-state index in [9.17, 15) is 0 Å². The van der Waals surface area contributed by atoms with Gasteiger partial charge in [0.05, 0.1) is 4.47 Å². The second-order valence-electron chi connectivity index (χ2n) is 3.89. The van der Waals surface area contributed by atoms with E-state index in [4.69, 9.17) is 4.74 Å². The molecule has 18 heavy (non-hydrogen) atoms. The fraction of sp³-hybridized carbons (Fsp3) is 0.667. The minimum atomic E-state index is 0.611. The van der Waals surface area contributed by atoms with E-state index in [0.717, 1.165) is 42.9 Å². The van der Waals surface area contributed by atoms with Crippen LogP contribution in [0.5, 0.6) is 0 Å². The van der Waals surface area contributed by atoms with Crippen LogP contribution in [-0.2, 0) is 4.74 Å². The number of ether oxygens (including phenoxy) is 1. The van der Waals surface area contributed by atoms with Gasteiger partial charge in [-0.3, -0.25) is 0 Å². The Morgan fingerprint density at radius 2 is 2.11 bits per heavy atom. The van der Waals surface area contributed by atoms with Crippen LogP contribution in [0.3, 0.4) is 0 Å². The summed E-state index contributed by atoms with van der Waals surface area (Å²) in [5.74, 6) is 1.42. The number of nitrogens with zero attached hydrogens (tertiary/aromatic N) is 2. The molecule has 0 amide bonds. The highest BCUT2D eigenvalue weighted by atomic mass is 79.9. The molecule has 1 aromatic rings. The number of hydrogen-bond acceptors (Lipinski definition) is 5. The summed E-state index contributed by atoms with van der Waals surface area (Å²) in [5.41, 5.74) is 0. The Morgan fingerprint density at radius 3 is 2.83 bits per heavy atom. The first kappa shape index (κ1) is 15.2. The van der Waals surface area contributed by atoms with Gasteiger partial charge in [0, 0.05) is 33.0 Å². The topological polar surface area (TPSA) is 59.1 Å². The Kier molecular flexibility index (Phi) is 7.68. The van der Waals surface area contributed by atoms with Gasteiger partial charge in [0.15, 0.2) is 0 Å². The minimum Gasteiger partial charge on any atom is -0.381 e. The Labute approximate surface area is 117 Å². The summed E-state index contributed by atoms with van der Waals surface area (Å²) in [6.45, 7) is 4.65. The smallest absolute Gasteiger partial charge is 0.224 e. The van der Waals surface area contributed by atoms with Gasteiger partial charge in [-0.25, -0.2) is 4.98 Å². The molecular formula is C12H21BrN4O. The maximum absolute atomic E-state index is 5.49. The number of aromatic nitrogens is 2. The first-order chi connectivity index (χ1) is 8.77. The molecule has 0 saturated heterocycles. The largest absolute Gasteiger partial charge is 0.381 e. The van der Waals surface area contributed by atoms with Gasteiger partial charge in [0.25, 0.3) is 0 Å². The van der Waals surface area contributed by atoms with Gasteiger partial charge in [0.2, 0.25) is 5.95 Å². The molecule has 0 atom stereocenters. The fourth-order valence-corrected chi connectivity index (χ4v) is 1.67. The van der Waals surface area contributed by atoms with Crippen LogP contribution in [0.15, 0.2) is 10.7 Å². The zero-order valence-electron chi connectivity index (χ0n) is 11.0. The van der Waals surface area contributed by atoms with E-state index in [2.05, 4.69) is 43.5 Å². The van der Waals surface area contributed by atoms with E-state index in [0.29, 0.717) is 5.95 Å². The molecule has 6 heteroatoms. The molecule has 0 bridgehead atoms. The van der Waals surface area contributed by atoms with Crippen LogP contribution in [0.25, 0.3) is 0 Å². The number of unbranched alkanes of at least 4 members (excludes halogenated alkanes) is 1. The number of hydrogen-bond donors (Lipinski definition) is 2. The predicted molar refractivity (Wildman–Crippen MR) is 78.1 cm³/mol. The number of nitrogens with one attached hydrogen (secondary N) is 2. The molecule has 5 nitrogen and oxygen atoms in total. The second-order valence-corrected chi connectivity index (χ2v) is 4.74. The van der Waals surface area contributed by atoms with Crippen molar-refractivity contribution in [3.05, 3.63) is 10.7 Å². The van der Waals surface area contributed by atoms with Crippen LogP contribution in [-0.4, -0.2) is 36.8 Å². The van der Waals surface area contributed by atoms with E-state index >= 15 is 0 Å². The molecule has 1 heterocycles. The SMILES string of the molecule is CCCCOCCCNc1nc(NC)ncc1Br. The van der Waals surface area contributed by atoms with Crippen LogP contribution < -0.4 is 10.6 Å². The molecule has 0 aliphatic carbocycles. The van der Waals surface area contributed by atoms with Crippen LogP contribution >= 0.6 is 15.9 Å². The Balaban J connectivity index is 2.22. The summed E-state index contributed by atoms with van der Waals surface area (Å²) < 4.78 is 6.36. The molecule has 0 aromatic carbocycles. The molecule has 2 N–H and O–H groups in total. The Hall–Kier alpha value is -0.880. The van der Waals surface area contributed by atoms with Crippen molar-refractivity contribution in [3.63, 3.8) is 0 Å².